The van der Waals surface area contributed by atoms with E-state index in [0.717, 1.165) is 40.0 Å². The van der Waals surface area contributed by atoms with Crippen molar-refractivity contribution < 1.29 is 9.59 Å². The molecule has 182 valence electrons. The third-order valence-corrected chi connectivity index (χ3v) is 9.77. The van der Waals surface area contributed by atoms with Gasteiger partial charge in [0, 0.05) is 20.6 Å². The normalized spacial score (nSPS) is 19.7. The zero-order valence-corrected chi connectivity index (χ0v) is 23.4. The number of anilines is 2. The molecule has 0 saturated carbocycles. The highest BCUT2D eigenvalue weighted by atomic mass is 79.9. The Hall–Kier alpha value is -2.09. The molecule has 5 rings (SSSR count). The van der Waals surface area contributed by atoms with Crippen molar-refractivity contribution in [3.63, 3.8) is 0 Å². The summed E-state index contributed by atoms with van der Waals surface area (Å²) in [5.74, 6) is 0.978. The first kappa shape index (κ1) is 24.6. The molecule has 0 fully saturated rings. The molecule has 1 N–H and O–H groups in total. The van der Waals surface area contributed by atoms with Crippen LogP contribution in [0, 0.1) is 11.3 Å². The Kier molecular flexibility index (Phi) is 6.85. The lowest BCUT2D eigenvalue weighted by atomic mass is 9.72. The molecular formula is C28H29BrN2O2S2. The summed E-state index contributed by atoms with van der Waals surface area (Å²) in [6, 6.07) is 17.2. The van der Waals surface area contributed by atoms with E-state index in [-0.39, 0.29) is 28.4 Å². The number of hydrogen-bond donors (Lipinski definition) is 1. The van der Waals surface area contributed by atoms with Gasteiger partial charge in [0.15, 0.2) is 11.3 Å². The van der Waals surface area contributed by atoms with Crippen molar-refractivity contribution in [1.82, 2.24) is 0 Å². The summed E-state index contributed by atoms with van der Waals surface area (Å²) in [5, 5.41) is 4.58. The number of carbonyl (C=O) groups excluding carboxylic acids is 2. The van der Waals surface area contributed by atoms with E-state index < -0.39 is 0 Å². The van der Waals surface area contributed by atoms with Crippen LogP contribution in [-0.4, -0.2) is 22.9 Å². The van der Waals surface area contributed by atoms with Crippen molar-refractivity contribution in [3.05, 3.63) is 80.6 Å². The number of para-hydroxylation sites is 1. The minimum atomic E-state index is -0.352. The maximum absolute atomic E-state index is 14.0. The van der Waals surface area contributed by atoms with E-state index in [1.807, 2.05) is 59.5 Å². The number of carbonyl (C=O) groups is 2. The van der Waals surface area contributed by atoms with Gasteiger partial charge in [-0.3, -0.25) is 14.5 Å². The van der Waals surface area contributed by atoms with Crippen molar-refractivity contribution in [2.75, 3.05) is 16.0 Å². The number of thiophene rings is 1. The number of nitrogens with one attached hydrogen (secondary N) is 1. The van der Waals surface area contributed by atoms with Crippen molar-refractivity contribution in [2.24, 2.45) is 11.3 Å². The molecular weight excluding hydrogens is 540 g/mol. The molecule has 2 atom stereocenters. The summed E-state index contributed by atoms with van der Waals surface area (Å²) in [6.45, 7) is 6.93. The first-order valence-corrected chi connectivity index (χ1v) is 14.6. The molecule has 1 amide bonds. The lowest BCUT2D eigenvalue weighted by Gasteiger charge is -2.37. The second kappa shape index (κ2) is 9.75. The van der Waals surface area contributed by atoms with Crippen LogP contribution in [0.5, 0.6) is 0 Å². The molecule has 0 spiro atoms. The first-order valence-electron chi connectivity index (χ1n) is 11.9. The van der Waals surface area contributed by atoms with Gasteiger partial charge in [-0.25, -0.2) is 0 Å². The van der Waals surface area contributed by atoms with Gasteiger partial charge in [-0.15, -0.1) is 23.1 Å². The molecule has 0 bridgehead atoms. The zero-order valence-electron chi connectivity index (χ0n) is 20.1. The molecule has 4 nitrogen and oxygen atoms in total. The van der Waals surface area contributed by atoms with Gasteiger partial charge in [-0.1, -0.05) is 67.0 Å². The van der Waals surface area contributed by atoms with E-state index in [2.05, 4.69) is 42.0 Å². The molecule has 35 heavy (non-hydrogen) atoms. The number of halogens is 1. The lowest BCUT2D eigenvalue weighted by molar-refractivity contribution is 0.0978. The monoisotopic (exact) mass is 568 g/mol. The van der Waals surface area contributed by atoms with Crippen LogP contribution in [0.2, 0.25) is 0 Å². The van der Waals surface area contributed by atoms with Crippen LogP contribution in [0.3, 0.4) is 0 Å². The molecule has 0 saturated heterocycles. The van der Waals surface area contributed by atoms with Crippen LogP contribution >= 0.6 is 39.0 Å². The number of nitrogens with zero attached hydrogens (tertiary/aromatic N) is 1. The third kappa shape index (κ3) is 4.95. The smallest absolute Gasteiger partial charge is 0.263 e. The Morgan fingerprint density at radius 3 is 2.54 bits per heavy atom. The minimum absolute atomic E-state index is 0.0326. The molecule has 2 aromatic carbocycles. The van der Waals surface area contributed by atoms with E-state index in [1.165, 1.54) is 22.2 Å². The van der Waals surface area contributed by atoms with Gasteiger partial charge in [0.05, 0.1) is 11.3 Å². The second-order valence-corrected chi connectivity index (χ2v) is 13.4. The highest BCUT2D eigenvalue weighted by molar-refractivity contribution is 9.10. The number of ketones is 1. The highest BCUT2D eigenvalue weighted by Crippen LogP contribution is 2.47. The van der Waals surface area contributed by atoms with Crippen LogP contribution in [-0.2, 0) is 12.8 Å². The number of hydrogen-bond acceptors (Lipinski definition) is 5. The molecule has 2 heterocycles. The first-order chi connectivity index (χ1) is 16.7. The van der Waals surface area contributed by atoms with E-state index in [4.69, 9.17) is 0 Å². The van der Waals surface area contributed by atoms with Crippen LogP contribution < -0.4 is 10.2 Å². The van der Waals surface area contributed by atoms with Crippen molar-refractivity contribution in [1.29, 1.82) is 0 Å². The van der Waals surface area contributed by atoms with Crippen LogP contribution in [0.25, 0.3) is 0 Å². The lowest BCUT2D eigenvalue weighted by Crippen LogP contribution is -2.47. The zero-order chi connectivity index (χ0) is 24.7. The molecule has 7 heteroatoms. The van der Waals surface area contributed by atoms with Gasteiger partial charge < -0.3 is 5.32 Å². The van der Waals surface area contributed by atoms with Gasteiger partial charge >= 0.3 is 0 Å². The number of fused-ring (bicyclic) bond motifs is 3. The summed E-state index contributed by atoms with van der Waals surface area (Å²) < 4.78 is 0.944. The summed E-state index contributed by atoms with van der Waals surface area (Å²) in [5.41, 5.74) is 3.47. The van der Waals surface area contributed by atoms with E-state index in [0.29, 0.717) is 11.5 Å². The van der Waals surface area contributed by atoms with Gasteiger partial charge in [0.1, 0.15) is 5.00 Å². The van der Waals surface area contributed by atoms with Crippen LogP contribution in [0.4, 0.5) is 10.7 Å². The summed E-state index contributed by atoms with van der Waals surface area (Å²) in [6.07, 6.45) is 3.08. The number of amides is 1. The third-order valence-electron chi connectivity index (χ3n) is 6.98. The fraction of sp³-hybridized carbons (Fsp3) is 0.357. The van der Waals surface area contributed by atoms with Crippen molar-refractivity contribution >= 4 is 61.4 Å². The Morgan fingerprint density at radius 2 is 1.86 bits per heavy atom. The Morgan fingerprint density at radius 1 is 1.14 bits per heavy atom. The maximum Gasteiger partial charge on any atom is 0.263 e. The number of thioether (sulfide) groups is 1. The average molecular weight is 570 g/mol. The SMILES string of the molecule is CC(C)(C)C1CCc2c(sc3c2C(=O)N(c2ccccc2)C(SCC(=O)c2ccc(Br)cc2)N3)C1. The second-order valence-electron chi connectivity index (χ2n) is 10.3. The van der Waals surface area contributed by atoms with Gasteiger partial charge in [0.25, 0.3) is 5.91 Å². The van der Waals surface area contributed by atoms with Crippen molar-refractivity contribution in [3.8, 4) is 0 Å². The van der Waals surface area contributed by atoms with E-state index in [1.54, 1.807) is 11.3 Å². The average Bonchev–Trinajstić information content (AvgIpc) is 3.21. The quantitative estimate of drug-likeness (QED) is 0.321. The molecule has 2 unspecified atom stereocenters. The fourth-order valence-corrected chi connectivity index (χ4v) is 7.61. The summed E-state index contributed by atoms with van der Waals surface area (Å²) in [7, 11) is 0. The van der Waals surface area contributed by atoms with Gasteiger partial charge in [-0.2, -0.15) is 0 Å². The minimum Gasteiger partial charge on any atom is -0.347 e. The highest BCUT2D eigenvalue weighted by Gasteiger charge is 2.40. The van der Waals surface area contributed by atoms with E-state index >= 15 is 0 Å². The largest absolute Gasteiger partial charge is 0.347 e. The Balaban J connectivity index is 1.44. The summed E-state index contributed by atoms with van der Waals surface area (Å²) >= 11 is 6.62. The molecule has 1 aromatic heterocycles. The van der Waals surface area contributed by atoms with Gasteiger partial charge in [0.2, 0.25) is 0 Å². The molecule has 2 aliphatic rings. The van der Waals surface area contributed by atoms with Gasteiger partial charge in [-0.05, 0) is 60.4 Å². The predicted molar refractivity (Wildman–Crippen MR) is 151 cm³/mol. The Bertz CT molecular complexity index is 1250. The topological polar surface area (TPSA) is 49.4 Å². The number of benzene rings is 2. The maximum atomic E-state index is 14.0. The van der Waals surface area contributed by atoms with E-state index in [9.17, 15) is 9.59 Å². The fourth-order valence-electron chi connectivity index (χ4n) is 4.89. The Labute approximate surface area is 223 Å². The molecule has 1 aliphatic heterocycles. The predicted octanol–water partition coefficient (Wildman–Crippen LogP) is 7.63. The van der Waals surface area contributed by atoms with Crippen molar-refractivity contribution in [2.45, 2.75) is 45.5 Å². The molecule has 3 aromatic rings. The standard InChI is InChI=1S/C28H29BrN2O2S2/c1-28(2,3)18-11-14-21-23(15-18)35-25-24(21)26(33)31(20-7-5-4-6-8-20)27(30-25)34-16-22(32)17-9-12-19(29)13-10-17/h4-10,12-13,18,27,30H,11,14-16H2,1-3H3. The molecule has 1 aliphatic carbocycles. The molecule has 0 radical (unpaired) electrons. The number of Topliss-reactive ketones (excluding diaryl/α,β-unsaturated/α-hetero) is 1. The van der Waals surface area contributed by atoms with Crippen LogP contribution in [0.15, 0.2) is 59.1 Å². The summed E-state index contributed by atoms with van der Waals surface area (Å²) in [4.78, 5) is 30.0. The number of rotatable bonds is 5. The van der Waals surface area contributed by atoms with Crippen LogP contribution in [0.1, 0.15) is 58.3 Å².